The van der Waals surface area contributed by atoms with Crippen molar-refractivity contribution in [3.05, 3.63) is 0 Å². The van der Waals surface area contributed by atoms with Gasteiger partial charge in [-0.1, -0.05) is 13.3 Å². The molecule has 1 saturated carbocycles. The summed E-state index contributed by atoms with van der Waals surface area (Å²) in [6.07, 6.45) is 6.32. The average molecular weight is 303 g/mol. The van der Waals surface area contributed by atoms with Gasteiger partial charge in [0.15, 0.2) is 0 Å². The first-order valence-electron chi connectivity index (χ1n) is 7.99. The summed E-state index contributed by atoms with van der Waals surface area (Å²) in [4.78, 5) is 0. The van der Waals surface area contributed by atoms with E-state index in [-0.39, 0.29) is 6.04 Å². The van der Waals surface area contributed by atoms with E-state index in [0.29, 0.717) is 19.0 Å². The van der Waals surface area contributed by atoms with Crippen LogP contribution in [-0.2, 0) is 10.2 Å². The van der Waals surface area contributed by atoms with Gasteiger partial charge in [-0.15, -0.1) is 0 Å². The molecule has 0 aromatic carbocycles. The highest BCUT2D eigenvalue weighted by Gasteiger charge is 2.36. The molecule has 0 atom stereocenters. The van der Waals surface area contributed by atoms with E-state index in [9.17, 15) is 8.42 Å². The number of nitrogens with one attached hydrogen (secondary N) is 1. The van der Waals surface area contributed by atoms with Gasteiger partial charge in [0.2, 0.25) is 0 Å². The number of hydrogen-bond acceptors (Lipinski definition) is 3. The Morgan fingerprint density at radius 1 is 1.20 bits per heavy atom. The van der Waals surface area contributed by atoms with E-state index in [2.05, 4.69) is 12.2 Å². The van der Waals surface area contributed by atoms with Crippen molar-refractivity contribution in [2.45, 2.75) is 51.5 Å². The molecule has 0 unspecified atom stereocenters. The highest BCUT2D eigenvalue weighted by molar-refractivity contribution is 7.86. The molecule has 0 bridgehead atoms. The van der Waals surface area contributed by atoms with Crippen LogP contribution < -0.4 is 5.32 Å². The van der Waals surface area contributed by atoms with Crippen LogP contribution in [0.5, 0.6) is 0 Å². The summed E-state index contributed by atoms with van der Waals surface area (Å²) in [7, 11) is -1.48. The predicted octanol–water partition coefficient (Wildman–Crippen LogP) is 1.43. The molecule has 0 amide bonds. The average Bonchev–Trinajstić information content (AvgIpc) is 2.37. The van der Waals surface area contributed by atoms with Crippen LogP contribution in [0.2, 0.25) is 0 Å². The van der Waals surface area contributed by atoms with Crippen molar-refractivity contribution >= 4 is 10.2 Å². The lowest BCUT2D eigenvalue weighted by Crippen LogP contribution is -2.51. The summed E-state index contributed by atoms with van der Waals surface area (Å²) in [5.74, 6) is 0.627. The van der Waals surface area contributed by atoms with Gasteiger partial charge in [-0.2, -0.15) is 17.0 Å². The molecule has 1 N–H and O–H groups in total. The van der Waals surface area contributed by atoms with Crippen LogP contribution in [0.1, 0.15) is 45.4 Å². The first-order chi connectivity index (χ1) is 9.55. The third-order valence-electron chi connectivity index (χ3n) is 4.71. The van der Waals surface area contributed by atoms with Crippen molar-refractivity contribution in [2.75, 3.05) is 33.2 Å². The van der Waals surface area contributed by atoms with Crippen molar-refractivity contribution < 1.29 is 8.42 Å². The lowest BCUT2D eigenvalue weighted by Gasteiger charge is -2.39. The van der Waals surface area contributed by atoms with Gasteiger partial charge >= 0.3 is 0 Å². The second-order valence-electron chi connectivity index (χ2n) is 6.16. The Balaban J connectivity index is 1.80. The molecule has 1 heterocycles. The predicted molar refractivity (Wildman–Crippen MR) is 81.8 cm³/mol. The van der Waals surface area contributed by atoms with Gasteiger partial charge in [0, 0.05) is 26.2 Å². The molecule has 0 aromatic heterocycles. The molecule has 0 radical (unpaired) electrons. The summed E-state index contributed by atoms with van der Waals surface area (Å²) in [6.45, 7) is 5.61. The zero-order valence-electron chi connectivity index (χ0n) is 12.8. The topological polar surface area (TPSA) is 52.7 Å². The standard InChI is InChI=1S/C14H29N3O2S/c1-3-9-15-12-13-7-10-17(11-8-13)20(18,19)16(2)14-5-4-6-14/h13-15H,3-12H2,1-2H3. The van der Waals surface area contributed by atoms with Crippen molar-refractivity contribution in [1.29, 1.82) is 0 Å². The molecule has 118 valence electrons. The number of hydrogen-bond donors (Lipinski definition) is 1. The second kappa shape index (κ2) is 7.20. The SMILES string of the molecule is CCCNCC1CCN(S(=O)(=O)N(C)C2CCC2)CC1. The van der Waals surface area contributed by atoms with E-state index in [4.69, 9.17) is 0 Å². The van der Waals surface area contributed by atoms with Crippen molar-refractivity contribution in [3.8, 4) is 0 Å². The normalized spacial score (nSPS) is 23.1. The third-order valence-corrected chi connectivity index (χ3v) is 6.76. The quantitative estimate of drug-likeness (QED) is 0.724. The first kappa shape index (κ1) is 16.2. The van der Waals surface area contributed by atoms with Gasteiger partial charge in [0.05, 0.1) is 0 Å². The minimum atomic E-state index is -3.22. The summed E-state index contributed by atoms with van der Waals surface area (Å²) in [6, 6.07) is 0.240. The fraction of sp³-hybridized carbons (Fsp3) is 1.00. The maximum atomic E-state index is 12.5. The van der Waals surface area contributed by atoms with Crippen LogP contribution in [0, 0.1) is 5.92 Å². The molecular weight excluding hydrogens is 274 g/mol. The molecule has 1 aliphatic heterocycles. The van der Waals surface area contributed by atoms with Crippen LogP contribution in [0.3, 0.4) is 0 Å². The molecular formula is C14H29N3O2S. The van der Waals surface area contributed by atoms with E-state index in [0.717, 1.165) is 51.6 Å². The molecule has 2 rings (SSSR count). The van der Waals surface area contributed by atoms with Gasteiger partial charge in [0.1, 0.15) is 0 Å². The Morgan fingerprint density at radius 2 is 1.85 bits per heavy atom. The Morgan fingerprint density at radius 3 is 2.35 bits per heavy atom. The third kappa shape index (κ3) is 3.72. The lowest BCUT2D eigenvalue weighted by atomic mass is 9.94. The zero-order chi connectivity index (χ0) is 14.6. The van der Waals surface area contributed by atoms with E-state index in [1.165, 1.54) is 0 Å². The molecule has 1 aliphatic carbocycles. The first-order valence-corrected chi connectivity index (χ1v) is 9.39. The molecule has 5 nitrogen and oxygen atoms in total. The van der Waals surface area contributed by atoms with Gasteiger partial charge in [-0.3, -0.25) is 0 Å². The van der Waals surface area contributed by atoms with E-state index in [1.54, 1.807) is 15.7 Å². The number of piperidine rings is 1. The Kier molecular flexibility index (Phi) is 5.84. The van der Waals surface area contributed by atoms with Crippen molar-refractivity contribution in [1.82, 2.24) is 13.9 Å². The Hall–Kier alpha value is -0.170. The fourth-order valence-electron chi connectivity index (χ4n) is 2.95. The Bertz CT molecular complexity index is 387. The minimum Gasteiger partial charge on any atom is -0.316 e. The smallest absolute Gasteiger partial charge is 0.281 e. The molecule has 1 saturated heterocycles. The van der Waals surface area contributed by atoms with Crippen LogP contribution >= 0.6 is 0 Å². The summed E-state index contributed by atoms with van der Waals surface area (Å²) >= 11 is 0. The largest absolute Gasteiger partial charge is 0.316 e. The van der Waals surface area contributed by atoms with Crippen molar-refractivity contribution in [3.63, 3.8) is 0 Å². The maximum Gasteiger partial charge on any atom is 0.281 e. The highest BCUT2D eigenvalue weighted by atomic mass is 32.2. The molecule has 0 aromatic rings. The van der Waals surface area contributed by atoms with E-state index >= 15 is 0 Å². The van der Waals surface area contributed by atoms with Gasteiger partial charge in [0.25, 0.3) is 10.2 Å². The summed E-state index contributed by atoms with van der Waals surface area (Å²) < 4.78 is 28.3. The summed E-state index contributed by atoms with van der Waals surface area (Å²) in [5.41, 5.74) is 0. The monoisotopic (exact) mass is 303 g/mol. The second-order valence-corrected chi connectivity index (χ2v) is 8.14. The van der Waals surface area contributed by atoms with E-state index in [1.807, 2.05) is 0 Å². The van der Waals surface area contributed by atoms with Crippen LogP contribution in [0.15, 0.2) is 0 Å². The molecule has 20 heavy (non-hydrogen) atoms. The van der Waals surface area contributed by atoms with Crippen LogP contribution in [0.25, 0.3) is 0 Å². The Labute approximate surface area is 123 Å². The maximum absolute atomic E-state index is 12.5. The fourth-order valence-corrected chi connectivity index (χ4v) is 4.57. The zero-order valence-corrected chi connectivity index (χ0v) is 13.7. The van der Waals surface area contributed by atoms with Crippen LogP contribution in [-0.4, -0.2) is 56.3 Å². The van der Waals surface area contributed by atoms with Gasteiger partial charge < -0.3 is 5.32 Å². The molecule has 2 fully saturated rings. The van der Waals surface area contributed by atoms with Gasteiger partial charge in [-0.05, 0) is 51.1 Å². The molecule has 6 heteroatoms. The molecule has 2 aliphatic rings. The van der Waals surface area contributed by atoms with Crippen molar-refractivity contribution in [2.24, 2.45) is 5.92 Å². The highest BCUT2D eigenvalue weighted by Crippen LogP contribution is 2.28. The summed E-state index contributed by atoms with van der Waals surface area (Å²) in [5, 5.41) is 3.44. The number of rotatable bonds is 7. The number of nitrogens with zero attached hydrogens (tertiary/aromatic N) is 2. The molecule has 0 spiro atoms. The lowest BCUT2D eigenvalue weighted by molar-refractivity contribution is 0.211. The minimum absolute atomic E-state index is 0.240. The van der Waals surface area contributed by atoms with Crippen LogP contribution in [0.4, 0.5) is 0 Å². The van der Waals surface area contributed by atoms with E-state index < -0.39 is 10.2 Å². The van der Waals surface area contributed by atoms with Gasteiger partial charge in [-0.25, -0.2) is 0 Å².